The lowest BCUT2D eigenvalue weighted by molar-refractivity contribution is 0.104. The van der Waals surface area contributed by atoms with Gasteiger partial charge in [0.1, 0.15) is 5.65 Å². The minimum absolute atomic E-state index is 0.0492. The van der Waals surface area contributed by atoms with E-state index in [4.69, 9.17) is 11.6 Å². The van der Waals surface area contributed by atoms with E-state index < -0.39 is 0 Å². The standard InChI is InChI=1S/C12H6BrClN2OS/c13-9-2-1-8(18-9)11(17)6-5-16-12-10(6)7(14)3-4-15-12/h1-5H,(H,15,16). The van der Waals surface area contributed by atoms with Gasteiger partial charge in [0.2, 0.25) is 5.78 Å². The van der Waals surface area contributed by atoms with Crippen LogP contribution in [-0.4, -0.2) is 15.8 Å². The number of carbonyl (C=O) groups excluding carboxylic acids is 1. The Kier molecular flexibility index (Phi) is 2.97. The van der Waals surface area contributed by atoms with Crippen LogP contribution in [0.1, 0.15) is 15.2 Å². The number of aromatic nitrogens is 2. The van der Waals surface area contributed by atoms with Crippen molar-refractivity contribution in [3.05, 3.63) is 49.8 Å². The van der Waals surface area contributed by atoms with Crippen LogP contribution in [0.4, 0.5) is 0 Å². The molecule has 0 saturated heterocycles. The molecule has 3 nitrogen and oxygen atoms in total. The van der Waals surface area contributed by atoms with Crippen LogP contribution < -0.4 is 0 Å². The van der Waals surface area contributed by atoms with Crippen LogP contribution in [0.3, 0.4) is 0 Å². The Bertz CT molecular complexity index is 749. The molecule has 1 N–H and O–H groups in total. The van der Waals surface area contributed by atoms with Crippen LogP contribution in [0.15, 0.2) is 34.4 Å². The quantitative estimate of drug-likeness (QED) is 0.707. The number of hydrogen-bond donors (Lipinski definition) is 1. The summed E-state index contributed by atoms with van der Waals surface area (Å²) in [5, 5.41) is 1.20. The van der Waals surface area contributed by atoms with Gasteiger partial charge in [0.05, 0.1) is 19.2 Å². The summed E-state index contributed by atoms with van der Waals surface area (Å²) in [4.78, 5) is 20.1. The molecule has 3 aromatic heterocycles. The second kappa shape index (κ2) is 4.50. The lowest BCUT2D eigenvalue weighted by atomic mass is 10.1. The number of hydrogen-bond acceptors (Lipinski definition) is 3. The first kappa shape index (κ1) is 11.9. The molecule has 0 aliphatic rings. The SMILES string of the molecule is O=C(c1ccc(Br)s1)c1c[nH]c2nccc(Cl)c12. The van der Waals surface area contributed by atoms with E-state index in [0.717, 1.165) is 3.79 Å². The second-order valence-corrected chi connectivity index (χ2v) is 6.52. The normalized spacial score (nSPS) is 11.0. The van der Waals surface area contributed by atoms with Crippen molar-refractivity contribution < 1.29 is 4.79 Å². The summed E-state index contributed by atoms with van der Waals surface area (Å²) in [6.45, 7) is 0. The summed E-state index contributed by atoms with van der Waals surface area (Å²) in [6, 6.07) is 5.33. The molecule has 0 fully saturated rings. The number of carbonyl (C=O) groups is 1. The zero-order chi connectivity index (χ0) is 12.7. The fourth-order valence-corrected chi connectivity index (χ4v) is 3.35. The van der Waals surface area contributed by atoms with Crippen LogP contribution in [0.2, 0.25) is 5.02 Å². The van der Waals surface area contributed by atoms with Gasteiger partial charge in [-0.3, -0.25) is 4.79 Å². The molecule has 3 heterocycles. The van der Waals surface area contributed by atoms with E-state index in [1.807, 2.05) is 6.07 Å². The molecule has 0 atom stereocenters. The molecule has 18 heavy (non-hydrogen) atoms. The lowest BCUT2D eigenvalue weighted by Crippen LogP contribution is -1.97. The predicted molar refractivity (Wildman–Crippen MR) is 76.6 cm³/mol. The minimum atomic E-state index is -0.0492. The third-order valence-electron chi connectivity index (χ3n) is 2.56. The molecular weight excluding hydrogens is 336 g/mol. The maximum atomic E-state index is 12.4. The van der Waals surface area contributed by atoms with E-state index in [0.29, 0.717) is 26.5 Å². The van der Waals surface area contributed by atoms with Gasteiger partial charge in [0, 0.05) is 17.8 Å². The first-order chi connectivity index (χ1) is 8.66. The van der Waals surface area contributed by atoms with Gasteiger partial charge in [0.25, 0.3) is 0 Å². The maximum absolute atomic E-state index is 12.4. The second-order valence-electron chi connectivity index (χ2n) is 3.65. The van der Waals surface area contributed by atoms with Crippen molar-refractivity contribution in [2.75, 3.05) is 0 Å². The first-order valence-corrected chi connectivity index (χ1v) is 7.07. The highest BCUT2D eigenvalue weighted by molar-refractivity contribution is 9.11. The molecule has 3 rings (SSSR count). The summed E-state index contributed by atoms with van der Waals surface area (Å²) in [5.41, 5.74) is 1.18. The fraction of sp³-hybridized carbons (Fsp3) is 0. The average molecular weight is 342 g/mol. The number of H-pyrrole nitrogens is 1. The van der Waals surface area contributed by atoms with Crippen molar-refractivity contribution in [2.24, 2.45) is 0 Å². The topological polar surface area (TPSA) is 45.8 Å². The third-order valence-corrected chi connectivity index (χ3v) is 4.50. The highest BCUT2D eigenvalue weighted by Gasteiger charge is 2.18. The molecule has 0 radical (unpaired) electrons. The molecule has 0 unspecified atom stereocenters. The number of nitrogens with zero attached hydrogens (tertiary/aromatic N) is 1. The maximum Gasteiger partial charge on any atom is 0.205 e. The van der Waals surface area contributed by atoms with Gasteiger partial charge in [-0.2, -0.15) is 0 Å². The molecular formula is C12H6BrClN2OS. The Labute approximate surface area is 120 Å². The summed E-state index contributed by atoms with van der Waals surface area (Å²) < 4.78 is 0.926. The number of aromatic amines is 1. The molecule has 0 aliphatic heterocycles. The Morgan fingerprint density at radius 3 is 2.94 bits per heavy atom. The van der Waals surface area contributed by atoms with Gasteiger partial charge >= 0.3 is 0 Å². The van der Waals surface area contributed by atoms with Crippen LogP contribution in [0.25, 0.3) is 11.0 Å². The number of thiophene rings is 1. The largest absolute Gasteiger partial charge is 0.345 e. The predicted octanol–water partition coefficient (Wildman–Crippen LogP) is 4.27. The van der Waals surface area contributed by atoms with E-state index in [-0.39, 0.29) is 5.78 Å². The van der Waals surface area contributed by atoms with Crippen molar-refractivity contribution in [3.63, 3.8) is 0 Å². The van der Waals surface area contributed by atoms with Gasteiger partial charge in [-0.25, -0.2) is 4.98 Å². The van der Waals surface area contributed by atoms with Gasteiger partial charge in [-0.1, -0.05) is 11.6 Å². The molecule has 0 saturated carbocycles. The van der Waals surface area contributed by atoms with Crippen molar-refractivity contribution in [1.29, 1.82) is 0 Å². The van der Waals surface area contributed by atoms with Crippen molar-refractivity contribution >= 4 is 55.7 Å². The zero-order valence-electron chi connectivity index (χ0n) is 8.91. The molecule has 0 aliphatic carbocycles. The summed E-state index contributed by atoms with van der Waals surface area (Å²) in [7, 11) is 0. The summed E-state index contributed by atoms with van der Waals surface area (Å²) >= 11 is 10.9. The van der Waals surface area contributed by atoms with E-state index in [1.165, 1.54) is 11.3 Å². The van der Waals surface area contributed by atoms with Crippen LogP contribution in [0.5, 0.6) is 0 Å². The first-order valence-electron chi connectivity index (χ1n) is 5.08. The average Bonchev–Trinajstić information content (AvgIpc) is 2.95. The molecule has 6 heteroatoms. The zero-order valence-corrected chi connectivity index (χ0v) is 12.1. The highest BCUT2D eigenvalue weighted by atomic mass is 79.9. The molecule has 0 spiro atoms. The number of halogens is 2. The van der Waals surface area contributed by atoms with Crippen LogP contribution in [0, 0.1) is 0 Å². The van der Waals surface area contributed by atoms with Crippen molar-refractivity contribution in [2.45, 2.75) is 0 Å². The Morgan fingerprint density at radius 2 is 2.22 bits per heavy atom. The number of ketones is 1. The number of rotatable bonds is 2. The van der Waals surface area contributed by atoms with Gasteiger partial charge in [0.15, 0.2) is 0 Å². The Hall–Kier alpha value is -1.17. The Balaban J connectivity index is 2.18. The monoisotopic (exact) mass is 340 g/mol. The van der Waals surface area contributed by atoms with Crippen LogP contribution >= 0.6 is 38.9 Å². The van der Waals surface area contributed by atoms with E-state index >= 15 is 0 Å². The van der Waals surface area contributed by atoms with Gasteiger partial charge < -0.3 is 4.98 Å². The minimum Gasteiger partial charge on any atom is -0.345 e. The van der Waals surface area contributed by atoms with E-state index in [9.17, 15) is 4.79 Å². The molecule has 0 aromatic carbocycles. The van der Waals surface area contributed by atoms with Crippen molar-refractivity contribution in [3.8, 4) is 0 Å². The van der Waals surface area contributed by atoms with E-state index in [2.05, 4.69) is 25.9 Å². The third kappa shape index (κ3) is 1.88. The molecule has 0 amide bonds. The smallest absolute Gasteiger partial charge is 0.205 e. The number of nitrogens with one attached hydrogen (secondary N) is 1. The molecule has 90 valence electrons. The fourth-order valence-electron chi connectivity index (χ4n) is 1.76. The molecule has 3 aromatic rings. The molecule has 0 bridgehead atoms. The summed E-state index contributed by atoms with van der Waals surface area (Å²) in [5.74, 6) is -0.0492. The summed E-state index contributed by atoms with van der Waals surface area (Å²) in [6.07, 6.45) is 3.26. The number of fused-ring (bicyclic) bond motifs is 1. The van der Waals surface area contributed by atoms with Gasteiger partial charge in [-0.05, 0) is 34.1 Å². The van der Waals surface area contributed by atoms with Crippen molar-refractivity contribution in [1.82, 2.24) is 9.97 Å². The Morgan fingerprint density at radius 1 is 1.39 bits per heavy atom. The van der Waals surface area contributed by atoms with Gasteiger partial charge in [-0.15, -0.1) is 11.3 Å². The van der Waals surface area contributed by atoms with Crippen LogP contribution in [-0.2, 0) is 0 Å². The number of pyridine rings is 1. The highest BCUT2D eigenvalue weighted by Crippen LogP contribution is 2.30. The van der Waals surface area contributed by atoms with E-state index in [1.54, 1.807) is 24.5 Å². The lowest BCUT2D eigenvalue weighted by Gasteiger charge is -1.97.